The third-order valence-electron chi connectivity index (χ3n) is 16.2. The lowest BCUT2D eigenvalue weighted by molar-refractivity contribution is -0.167. The van der Waals surface area contributed by atoms with E-state index in [0.29, 0.717) is 19.3 Å². The topological polar surface area (TPSA) is 78.9 Å². The van der Waals surface area contributed by atoms with Crippen LogP contribution in [0.1, 0.15) is 380 Å². The summed E-state index contributed by atoms with van der Waals surface area (Å²) in [7, 11) is 0. The monoisotopic (exact) mass is 1160 g/mol. The number of carbonyl (C=O) groups excluding carboxylic acids is 3. The minimum Gasteiger partial charge on any atom is -0.462 e. The minimum absolute atomic E-state index is 0.0855. The largest absolute Gasteiger partial charge is 0.462 e. The Kier molecular flexibility index (Phi) is 68.6. The van der Waals surface area contributed by atoms with E-state index in [4.69, 9.17) is 14.2 Å². The molecule has 482 valence electrons. The Balaban J connectivity index is 4.09. The standard InChI is InChI=1S/C77H138O6/c1-4-7-10-13-16-19-22-25-28-29-30-31-32-33-34-35-36-37-38-39-40-41-42-43-44-45-46-47-50-52-55-58-61-64-67-70-76(79)82-73-74(83-77(80)71-68-65-62-59-56-53-49-27-24-21-18-15-12-9-6-3)72-81-75(78)69-66-63-60-57-54-51-48-26-23-20-17-14-11-8-5-2/h8-9,11-12,17-18,20-21,26-27,48-49,74H,4-7,10,13-16,19,22-25,28-47,50-73H2,1-3H3/b11-8-,12-9-,20-17-,21-18-,48-26-,49-27-. The van der Waals surface area contributed by atoms with Gasteiger partial charge in [0.2, 0.25) is 0 Å². The minimum atomic E-state index is -0.792. The van der Waals surface area contributed by atoms with Gasteiger partial charge in [-0.3, -0.25) is 14.4 Å². The van der Waals surface area contributed by atoms with Crippen LogP contribution in [0.2, 0.25) is 0 Å². The van der Waals surface area contributed by atoms with Gasteiger partial charge in [0, 0.05) is 19.3 Å². The van der Waals surface area contributed by atoms with E-state index in [9.17, 15) is 14.4 Å². The van der Waals surface area contributed by atoms with Crippen LogP contribution in [-0.2, 0) is 28.6 Å². The molecule has 6 nitrogen and oxygen atoms in total. The first-order chi connectivity index (χ1) is 41.0. The van der Waals surface area contributed by atoms with Gasteiger partial charge in [0.1, 0.15) is 13.2 Å². The first kappa shape index (κ1) is 79.8. The average Bonchev–Trinajstić information content (AvgIpc) is 3.49. The van der Waals surface area contributed by atoms with Gasteiger partial charge >= 0.3 is 17.9 Å². The summed E-state index contributed by atoms with van der Waals surface area (Å²) < 4.78 is 16.9. The van der Waals surface area contributed by atoms with Crippen molar-refractivity contribution < 1.29 is 28.6 Å². The van der Waals surface area contributed by atoms with Gasteiger partial charge in [-0.1, -0.05) is 351 Å². The molecule has 0 aliphatic rings. The lowest BCUT2D eigenvalue weighted by atomic mass is 10.0. The molecule has 0 aromatic rings. The van der Waals surface area contributed by atoms with Crippen molar-refractivity contribution in [2.45, 2.75) is 386 Å². The van der Waals surface area contributed by atoms with Crippen molar-refractivity contribution in [2.75, 3.05) is 13.2 Å². The van der Waals surface area contributed by atoms with Crippen LogP contribution in [-0.4, -0.2) is 37.2 Å². The first-order valence-electron chi connectivity index (χ1n) is 36.4. The fourth-order valence-corrected chi connectivity index (χ4v) is 10.8. The van der Waals surface area contributed by atoms with E-state index in [1.807, 2.05) is 0 Å². The summed E-state index contributed by atoms with van der Waals surface area (Å²) in [5.74, 6) is -0.903. The second kappa shape index (κ2) is 71.3. The van der Waals surface area contributed by atoms with Crippen LogP contribution in [0, 0.1) is 0 Å². The first-order valence-corrected chi connectivity index (χ1v) is 36.4. The summed E-state index contributed by atoms with van der Waals surface area (Å²) in [6.45, 7) is 6.44. The van der Waals surface area contributed by atoms with E-state index in [1.54, 1.807) is 0 Å². The molecule has 83 heavy (non-hydrogen) atoms. The number of unbranched alkanes of at least 4 members (excludes halogenated alkanes) is 44. The average molecular weight is 1160 g/mol. The van der Waals surface area contributed by atoms with Crippen LogP contribution < -0.4 is 0 Å². The van der Waals surface area contributed by atoms with Gasteiger partial charge in [0.25, 0.3) is 0 Å². The van der Waals surface area contributed by atoms with Crippen molar-refractivity contribution in [2.24, 2.45) is 0 Å². The number of ether oxygens (including phenoxy) is 3. The molecule has 0 aliphatic heterocycles. The molecule has 0 bridgehead atoms. The lowest BCUT2D eigenvalue weighted by Crippen LogP contribution is -2.30. The van der Waals surface area contributed by atoms with Crippen LogP contribution >= 0.6 is 0 Å². The summed E-state index contributed by atoms with van der Waals surface area (Å²) in [4.78, 5) is 38.4. The van der Waals surface area contributed by atoms with Gasteiger partial charge in [-0.15, -0.1) is 0 Å². The van der Waals surface area contributed by atoms with Crippen LogP contribution in [0.4, 0.5) is 0 Å². The molecule has 0 saturated carbocycles. The van der Waals surface area contributed by atoms with E-state index in [-0.39, 0.29) is 31.1 Å². The Morgan fingerprint density at radius 2 is 0.470 bits per heavy atom. The maximum absolute atomic E-state index is 12.9. The molecule has 0 saturated heterocycles. The molecule has 0 aromatic carbocycles. The van der Waals surface area contributed by atoms with Crippen LogP contribution in [0.5, 0.6) is 0 Å². The van der Waals surface area contributed by atoms with Gasteiger partial charge in [0.15, 0.2) is 6.10 Å². The smallest absolute Gasteiger partial charge is 0.306 e. The van der Waals surface area contributed by atoms with Crippen molar-refractivity contribution in [1.82, 2.24) is 0 Å². The van der Waals surface area contributed by atoms with Crippen molar-refractivity contribution in [1.29, 1.82) is 0 Å². The van der Waals surface area contributed by atoms with Gasteiger partial charge in [-0.05, 0) is 83.5 Å². The molecule has 6 heteroatoms. The van der Waals surface area contributed by atoms with Crippen LogP contribution in [0.15, 0.2) is 72.9 Å². The van der Waals surface area contributed by atoms with Crippen molar-refractivity contribution >= 4 is 17.9 Å². The normalized spacial score (nSPS) is 12.5. The Bertz CT molecular complexity index is 1520. The molecule has 0 N–H and O–H groups in total. The van der Waals surface area contributed by atoms with Gasteiger partial charge in [-0.25, -0.2) is 0 Å². The number of esters is 3. The SMILES string of the molecule is CC/C=C\C/C=C\C/C=C\CCCCCCCC(=O)OCC(COC(=O)CCCCCCCCCCCCCCCCCCCCCCCCCCCCCCCCCCCCC)OC(=O)CCCCCCC/C=C\C/C=C\C/C=C\CC. The number of hydrogen-bond donors (Lipinski definition) is 0. The molecule has 0 spiro atoms. The molecule has 1 unspecified atom stereocenters. The van der Waals surface area contributed by atoms with Gasteiger partial charge in [0.05, 0.1) is 0 Å². The Hall–Kier alpha value is -3.15. The summed E-state index contributed by atoms with van der Waals surface area (Å²) in [5, 5.41) is 0. The molecular formula is C77H138O6. The van der Waals surface area contributed by atoms with Crippen molar-refractivity contribution in [3.05, 3.63) is 72.9 Å². The molecule has 0 radical (unpaired) electrons. The number of allylic oxidation sites excluding steroid dienone is 12. The van der Waals surface area contributed by atoms with Crippen LogP contribution in [0.3, 0.4) is 0 Å². The summed E-state index contributed by atoms with van der Waals surface area (Å²) in [6, 6.07) is 0. The highest BCUT2D eigenvalue weighted by Gasteiger charge is 2.19. The Morgan fingerprint density at radius 1 is 0.253 bits per heavy atom. The Labute approximate surface area is 516 Å². The molecule has 0 aromatic heterocycles. The van der Waals surface area contributed by atoms with E-state index < -0.39 is 6.10 Å². The summed E-state index contributed by atoms with van der Waals surface area (Å²) in [5.41, 5.74) is 0. The third-order valence-corrected chi connectivity index (χ3v) is 16.2. The second-order valence-electron chi connectivity index (χ2n) is 24.4. The number of carbonyl (C=O) groups is 3. The maximum Gasteiger partial charge on any atom is 0.306 e. The Morgan fingerprint density at radius 3 is 0.735 bits per heavy atom. The van der Waals surface area contributed by atoms with Crippen molar-refractivity contribution in [3.63, 3.8) is 0 Å². The zero-order valence-corrected chi connectivity index (χ0v) is 55.5. The van der Waals surface area contributed by atoms with E-state index in [2.05, 4.69) is 93.7 Å². The summed E-state index contributed by atoms with van der Waals surface area (Å²) >= 11 is 0. The van der Waals surface area contributed by atoms with Gasteiger partial charge in [-0.2, -0.15) is 0 Å². The van der Waals surface area contributed by atoms with Crippen molar-refractivity contribution in [3.8, 4) is 0 Å². The lowest BCUT2D eigenvalue weighted by Gasteiger charge is -2.18. The highest BCUT2D eigenvalue weighted by Crippen LogP contribution is 2.19. The van der Waals surface area contributed by atoms with E-state index in [1.165, 1.54) is 205 Å². The summed E-state index contributed by atoms with van der Waals surface area (Å²) in [6.07, 6.45) is 94.0. The molecule has 0 heterocycles. The maximum atomic E-state index is 12.9. The van der Waals surface area contributed by atoms with E-state index in [0.717, 1.165) is 135 Å². The molecular weight excluding hydrogens is 1020 g/mol. The third kappa shape index (κ3) is 69.5. The fourth-order valence-electron chi connectivity index (χ4n) is 10.8. The highest BCUT2D eigenvalue weighted by atomic mass is 16.6. The predicted molar refractivity (Wildman–Crippen MR) is 362 cm³/mol. The zero-order valence-electron chi connectivity index (χ0n) is 55.5. The van der Waals surface area contributed by atoms with E-state index >= 15 is 0 Å². The molecule has 0 rings (SSSR count). The predicted octanol–water partition coefficient (Wildman–Crippen LogP) is 25.2. The molecule has 0 amide bonds. The zero-order chi connectivity index (χ0) is 59.9. The van der Waals surface area contributed by atoms with Crippen LogP contribution in [0.25, 0.3) is 0 Å². The fraction of sp³-hybridized carbons (Fsp3) is 0.805. The quantitative estimate of drug-likeness (QED) is 0.0261. The molecule has 0 aliphatic carbocycles. The second-order valence-corrected chi connectivity index (χ2v) is 24.4. The highest BCUT2D eigenvalue weighted by molar-refractivity contribution is 5.71. The number of hydrogen-bond acceptors (Lipinski definition) is 6. The molecule has 1 atom stereocenters. The number of rotatable bonds is 67. The molecule has 0 fully saturated rings. The van der Waals surface area contributed by atoms with Gasteiger partial charge < -0.3 is 14.2 Å².